The molecule has 0 aliphatic heterocycles. The molecule has 1 aliphatic rings. The molecule has 4 rings (SSSR count). The van der Waals surface area contributed by atoms with Crippen LogP contribution >= 0.6 is 0 Å². The summed E-state index contributed by atoms with van der Waals surface area (Å²) in [5, 5.41) is 15.3. The summed E-state index contributed by atoms with van der Waals surface area (Å²) >= 11 is 0. The summed E-state index contributed by atoms with van der Waals surface area (Å²) in [5.74, 6) is 1.01. The Hall–Kier alpha value is -2.29. The summed E-state index contributed by atoms with van der Waals surface area (Å²) in [6, 6.07) is 13.6. The zero-order chi connectivity index (χ0) is 13.5. The summed E-state index contributed by atoms with van der Waals surface area (Å²) in [7, 11) is 0. The van der Waals surface area contributed by atoms with E-state index in [1.807, 2.05) is 36.4 Å². The summed E-state index contributed by atoms with van der Waals surface area (Å²) in [6.45, 7) is 0. The van der Waals surface area contributed by atoms with Gasteiger partial charge in [-0.05, 0) is 37.3 Å². The van der Waals surface area contributed by atoms with Gasteiger partial charge in [0.1, 0.15) is 11.4 Å². The molecule has 1 aliphatic carbocycles. The van der Waals surface area contributed by atoms with Gasteiger partial charge in [-0.2, -0.15) is 0 Å². The highest BCUT2D eigenvalue weighted by molar-refractivity contribution is 5.94. The Kier molecular flexibility index (Phi) is 2.52. The van der Waals surface area contributed by atoms with E-state index >= 15 is 0 Å². The molecule has 0 amide bonds. The number of benzene rings is 2. The minimum Gasteiger partial charge on any atom is -0.508 e. The van der Waals surface area contributed by atoms with Crippen molar-refractivity contribution in [1.82, 2.24) is 5.16 Å². The van der Waals surface area contributed by atoms with E-state index in [2.05, 4.69) is 5.16 Å². The van der Waals surface area contributed by atoms with Gasteiger partial charge >= 0.3 is 0 Å². The minimum absolute atomic E-state index is 0.320. The van der Waals surface area contributed by atoms with E-state index in [-0.39, 0.29) is 0 Å². The van der Waals surface area contributed by atoms with Crippen molar-refractivity contribution in [2.75, 3.05) is 0 Å². The lowest BCUT2D eigenvalue weighted by Gasteiger charge is -2.03. The zero-order valence-electron chi connectivity index (χ0n) is 11.0. The second kappa shape index (κ2) is 4.37. The lowest BCUT2D eigenvalue weighted by Crippen LogP contribution is -1.89. The van der Waals surface area contributed by atoms with Gasteiger partial charge in [-0.1, -0.05) is 35.5 Å². The van der Waals surface area contributed by atoms with E-state index in [1.54, 1.807) is 6.07 Å². The highest BCUT2D eigenvalue weighted by Gasteiger charge is 2.26. The van der Waals surface area contributed by atoms with Crippen molar-refractivity contribution < 1.29 is 9.63 Å². The Morgan fingerprint density at radius 1 is 1.10 bits per heavy atom. The van der Waals surface area contributed by atoms with Crippen molar-refractivity contribution in [2.24, 2.45) is 5.92 Å². The molecule has 1 saturated carbocycles. The SMILES string of the molecule is Oc1ccc2c(-c3ccccc3)noc2c1CC1CC1. The van der Waals surface area contributed by atoms with E-state index in [0.29, 0.717) is 11.7 Å². The monoisotopic (exact) mass is 265 g/mol. The number of hydrogen-bond donors (Lipinski definition) is 1. The smallest absolute Gasteiger partial charge is 0.174 e. The van der Waals surface area contributed by atoms with Crippen LogP contribution in [0.5, 0.6) is 5.75 Å². The highest BCUT2D eigenvalue weighted by atomic mass is 16.5. The van der Waals surface area contributed by atoms with Crippen molar-refractivity contribution >= 4 is 11.0 Å². The van der Waals surface area contributed by atoms with Crippen molar-refractivity contribution in [3.05, 3.63) is 48.0 Å². The summed E-state index contributed by atoms with van der Waals surface area (Å²) in [6.07, 6.45) is 3.37. The van der Waals surface area contributed by atoms with Gasteiger partial charge in [0.2, 0.25) is 0 Å². The summed E-state index contributed by atoms with van der Waals surface area (Å²) in [4.78, 5) is 0. The fourth-order valence-electron chi connectivity index (χ4n) is 2.66. The summed E-state index contributed by atoms with van der Waals surface area (Å²) < 4.78 is 5.53. The second-order valence-electron chi connectivity index (χ2n) is 5.48. The normalized spacial score (nSPS) is 14.8. The van der Waals surface area contributed by atoms with Gasteiger partial charge < -0.3 is 9.63 Å². The predicted molar refractivity (Wildman–Crippen MR) is 77.5 cm³/mol. The number of fused-ring (bicyclic) bond motifs is 1. The van der Waals surface area contributed by atoms with Crippen molar-refractivity contribution in [3.8, 4) is 17.0 Å². The van der Waals surface area contributed by atoms with Crippen molar-refractivity contribution in [1.29, 1.82) is 0 Å². The highest BCUT2D eigenvalue weighted by Crippen LogP contribution is 2.39. The molecule has 1 heterocycles. The Morgan fingerprint density at radius 3 is 2.65 bits per heavy atom. The maximum atomic E-state index is 10.1. The van der Waals surface area contributed by atoms with Gasteiger partial charge in [0.25, 0.3) is 0 Å². The molecule has 1 N–H and O–H groups in total. The first kappa shape index (κ1) is 11.5. The Bertz CT molecular complexity index is 757. The lowest BCUT2D eigenvalue weighted by atomic mass is 10.0. The van der Waals surface area contributed by atoms with Crippen LogP contribution in [0.2, 0.25) is 0 Å². The third kappa shape index (κ3) is 1.86. The van der Waals surface area contributed by atoms with E-state index in [1.165, 1.54) is 12.8 Å². The Morgan fingerprint density at radius 2 is 1.90 bits per heavy atom. The molecule has 2 aromatic carbocycles. The van der Waals surface area contributed by atoms with Gasteiger partial charge in [0.05, 0.1) is 5.39 Å². The van der Waals surface area contributed by atoms with Crippen LogP contribution in [0, 0.1) is 5.92 Å². The molecule has 20 heavy (non-hydrogen) atoms. The van der Waals surface area contributed by atoms with Crippen LogP contribution < -0.4 is 0 Å². The topological polar surface area (TPSA) is 46.3 Å². The van der Waals surface area contributed by atoms with Gasteiger partial charge in [0, 0.05) is 11.1 Å². The Labute approximate surface area is 116 Å². The molecule has 3 nitrogen and oxygen atoms in total. The molecule has 0 bridgehead atoms. The number of hydrogen-bond acceptors (Lipinski definition) is 3. The molecule has 1 aromatic heterocycles. The average Bonchev–Trinajstić information content (AvgIpc) is 3.20. The van der Waals surface area contributed by atoms with Gasteiger partial charge in [-0.15, -0.1) is 0 Å². The number of nitrogens with zero attached hydrogens (tertiary/aromatic N) is 1. The van der Waals surface area contributed by atoms with Crippen LogP contribution in [0.15, 0.2) is 47.0 Å². The maximum Gasteiger partial charge on any atom is 0.174 e. The van der Waals surface area contributed by atoms with Crippen LogP contribution in [0.3, 0.4) is 0 Å². The van der Waals surface area contributed by atoms with Gasteiger partial charge in [-0.25, -0.2) is 0 Å². The molecular formula is C17H15NO2. The molecule has 0 saturated heterocycles. The lowest BCUT2D eigenvalue weighted by molar-refractivity contribution is 0.443. The second-order valence-corrected chi connectivity index (χ2v) is 5.48. The number of aromatic nitrogens is 1. The number of phenolic OH excluding ortho intramolecular Hbond substituents is 1. The number of aromatic hydroxyl groups is 1. The van der Waals surface area contributed by atoms with Gasteiger partial charge in [0.15, 0.2) is 5.58 Å². The molecule has 3 heteroatoms. The third-order valence-corrected chi connectivity index (χ3v) is 3.96. The van der Waals surface area contributed by atoms with Crippen LogP contribution in [-0.4, -0.2) is 10.3 Å². The molecule has 0 unspecified atom stereocenters. The fourth-order valence-corrected chi connectivity index (χ4v) is 2.66. The van der Waals surface area contributed by atoms with Crippen LogP contribution in [0.4, 0.5) is 0 Å². The fraction of sp³-hybridized carbons (Fsp3) is 0.235. The molecule has 0 radical (unpaired) electrons. The number of phenols is 1. The average molecular weight is 265 g/mol. The molecule has 0 spiro atoms. The molecule has 100 valence electrons. The molecule has 0 atom stereocenters. The van der Waals surface area contributed by atoms with Crippen molar-refractivity contribution in [3.63, 3.8) is 0 Å². The maximum absolute atomic E-state index is 10.1. The van der Waals surface area contributed by atoms with Crippen LogP contribution in [0.25, 0.3) is 22.2 Å². The Balaban J connectivity index is 1.89. The standard InChI is InChI=1S/C17H15NO2/c19-15-9-8-13-16(12-4-2-1-3-5-12)18-20-17(13)14(15)10-11-6-7-11/h1-5,8-9,11,19H,6-7,10H2. The van der Waals surface area contributed by atoms with Gasteiger partial charge in [-0.3, -0.25) is 0 Å². The van der Waals surface area contributed by atoms with Crippen LogP contribution in [0.1, 0.15) is 18.4 Å². The van der Waals surface area contributed by atoms with Crippen molar-refractivity contribution in [2.45, 2.75) is 19.3 Å². The van der Waals surface area contributed by atoms with E-state index in [0.717, 1.165) is 34.2 Å². The zero-order valence-corrected chi connectivity index (χ0v) is 11.0. The third-order valence-electron chi connectivity index (χ3n) is 3.96. The van der Waals surface area contributed by atoms with Crippen LogP contribution in [-0.2, 0) is 6.42 Å². The minimum atomic E-state index is 0.320. The first-order valence-corrected chi connectivity index (χ1v) is 6.98. The quantitative estimate of drug-likeness (QED) is 0.773. The first-order valence-electron chi connectivity index (χ1n) is 6.98. The van der Waals surface area contributed by atoms with E-state index in [9.17, 15) is 5.11 Å². The van der Waals surface area contributed by atoms with E-state index in [4.69, 9.17) is 4.52 Å². The molecular weight excluding hydrogens is 250 g/mol. The molecule has 1 fully saturated rings. The largest absolute Gasteiger partial charge is 0.508 e. The summed E-state index contributed by atoms with van der Waals surface area (Å²) in [5.41, 5.74) is 3.52. The van der Waals surface area contributed by atoms with E-state index < -0.39 is 0 Å². The molecule has 3 aromatic rings. The first-order chi connectivity index (χ1) is 9.83. The number of rotatable bonds is 3. The predicted octanol–water partition coefficient (Wildman–Crippen LogP) is 4.15.